The van der Waals surface area contributed by atoms with Gasteiger partial charge in [0.15, 0.2) is 13.2 Å². The quantitative estimate of drug-likeness (QED) is 0.408. The van der Waals surface area contributed by atoms with Crippen molar-refractivity contribution >= 4 is 35.8 Å². The number of carbonyl (C=O) groups excluding carboxylic acids is 6. The number of nitrogens with one attached hydrogen (secondary N) is 4. The minimum Gasteiger partial charge on any atom is -0.451 e. The number of hydrogen-bond acceptors (Lipinski definition) is 9. The van der Waals surface area contributed by atoms with Crippen LogP contribution in [0.4, 0.5) is 9.59 Å². The molecule has 0 saturated carbocycles. The number of pyridine rings is 1. The van der Waals surface area contributed by atoms with E-state index in [9.17, 15) is 28.8 Å². The largest absolute Gasteiger partial charge is 0.451 e. The number of urea groups is 2. The lowest BCUT2D eigenvalue weighted by Crippen LogP contribution is -2.39. The van der Waals surface area contributed by atoms with Crippen LogP contribution >= 0.6 is 0 Å². The highest BCUT2D eigenvalue weighted by Crippen LogP contribution is 2.03. The van der Waals surface area contributed by atoms with Gasteiger partial charge in [0, 0.05) is 14.1 Å². The van der Waals surface area contributed by atoms with Crippen molar-refractivity contribution in [3.63, 3.8) is 0 Å². The van der Waals surface area contributed by atoms with Crippen LogP contribution in [0.1, 0.15) is 21.0 Å². The van der Waals surface area contributed by atoms with Crippen LogP contribution in [0.3, 0.4) is 0 Å². The van der Waals surface area contributed by atoms with Gasteiger partial charge in [0.1, 0.15) is 11.4 Å². The maximum absolute atomic E-state index is 11.9. The van der Waals surface area contributed by atoms with E-state index in [1.54, 1.807) is 0 Å². The molecule has 1 heterocycles. The van der Waals surface area contributed by atoms with Crippen LogP contribution < -0.4 is 21.3 Å². The number of carbonyl (C=O) groups is 6. The molecule has 4 N–H and O–H groups in total. The van der Waals surface area contributed by atoms with E-state index >= 15 is 0 Å². The van der Waals surface area contributed by atoms with E-state index in [4.69, 9.17) is 0 Å². The summed E-state index contributed by atoms with van der Waals surface area (Å²) in [6, 6.07) is 2.19. The number of amides is 6. The summed E-state index contributed by atoms with van der Waals surface area (Å²) in [5, 5.41) is 8.05. The van der Waals surface area contributed by atoms with Crippen molar-refractivity contribution in [3.05, 3.63) is 29.6 Å². The lowest BCUT2D eigenvalue weighted by molar-refractivity contribution is -0.123. The molecule has 0 unspecified atom stereocenters. The first kappa shape index (κ1) is 22.0. The molecule has 1 rings (SSSR count). The standard InChI is InChI=1S/C15H17N5O8/c1-16-14(25)19-10(21)6-27-12(23)8-4-3-5-9(18-8)13(24)28-7-11(22)20-15(26)17-2/h3-5H,6-7H2,1-2H3,(H2,16,19,21,25)(H2,17,20,22,26). The number of esters is 2. The molecular formula is C15H17N5O8. The second-order valence-electron chi connectivity index (χ2n) is 4.81. The molecule has 150 valence electrons. The fourth-order valence-electron chi connectivity index (χ4n) is 1.52. The predicted octanol–water partition coefficient (Wildman–Crippen LogP) is -1.69. The minimum atomic E-state index is -1.03. The van der Waals surface area contributed by atoms with Crippen LogP contribution in [0.25, 0.3) is 0 Å². The Bertz CT molecular complexity index is 733. The van der Waals surface area contributed by atoms with Crippen LogP contribution in [-0.4, -0.2) is 68.1 Å². The van der Waals surface area contributed by atoms with E-state index in [1.807, 2.05) is 10.6 Å². The third kappa shape index (κ3) is 7.47. The molecule has 1 aromatic rings. The molecule has 1 aromatic heterocycles. The molecule has 28 heavy (non-hydrogen) atoms. The second-order valence-corrected chi connectivity index (χ2v) is 4.81. The highest BCUT2D eigenvalue weighted by atomic mass is 16.5. The smallest absolute Gasteiger partial charge is 0.357 e. The van der Waals surface area contributed by atoms with E-state index in [1.165, 1.54) is 32.3 Å². The van der Waals surface area contributed by atoms with Gasteiger partial charge in [-0.05, 0) is 12.1 Å². The van der Waals surface area contributed by atoms with Gasteiger partial charge in [0.2, 0.25) is 0 Å². The topological polar surface area (TPSA) is 182 Å². The maximum Gasteiger partial charge on any atom is 0.357 e. The summed E-state index contributed by atoms with van der Waals surface area (Å²) in [5.41, 5.74) is -0.617. The van der Waals surface area contributed by atoms with Crippen molar-refractivity contribution < 1.29 is 38.2 Å². The van der Waals surface area contributed by atoms with Crippen LogP contribution in [0.5, 0.6) is 0 Å². The zero-order chi connectivity index (χ0) is 21.1. The molecular weight excluding hydrogens is 378 g/mol. The SMILES string of the molecule is CNC(=O)NC(=O)COC(=O)c1cccc(C(=O)OCC(=O)NC(=O)NC)n1. The highest BCUT2D eigenvalue weighted by molar-refractivity contribution is 5.98. The third-order valence-electron chi connectivity index (χ3n) is 2.80. The monoisotopic (exact) mass is 395 g/mol. The molecule has 0 radical (unpaired) electrons. The number of imide groups is 2. The summed E-state index contributed by atoms with van der Waals surface area (Å²) in [4.78, 5) is 72.1. The molecule has 0 saturated heterocycles. The molecule has 0 spiro atoms. The van der Waals surface area contributed by atoms with Crippen LogP contribution in [0, 0.1) is 0 Å². The maximum atomic E-state index is 11.9. The number of rotatable bonds is 6. The average Bonchev–Trinajstić information content (AvgIpc) is 2.69. The molecule has 0 bridgehead atoms. The molecule has 0 aromatic carbocycles. The Morgan fingerprint density at radius 1 is 0.786 bits per heavy atom. The van der Waals surface area contributed by atoms with Gasteiger partial charge in [-0.3, -0.25) is 20.2 Å². The van der Waals surface area contributed by atoms with E-state index in [0.29, 0.717) is 0 Å². The second kappa shape index (κ2) is 10.8. The van der Waals surface area contributed by atoms with Crippen molar-refractivity contribution in [1.82, 2.24) is 26.3 Å². The molecule has 6 amide bonds. The Labute approximate surface area is 158 Å². The van der Waals surface area contributed by atoms with Crippen LogP contribution in [0.15, 0.2) is 18.2 Å². The van der Waals surface area contributed by atoms with Crippen LogP contribution in [0.2, 0.25) is 0 Å². The summed E-state index contributed by atoms with van der Waals surface area (Å²) in [5.74, 6) is -3.80. The summed E-state index contributed by atoms with van der Waals surface area (Å²) >= 11 is 0. The fourth-order valence-corrected chi connectivity index (χ4v) is 1.52. The van der Waals surface area contributed by atoms with Crippen molar-refractivity contribution in [2.75, 3.05) is 27.3 Å². The summed E-state index contributed by atoms with van der Waals surface area (Å²) in [7, 11) is 2.59. The molecule has 13 heteroatoms. The first-order chi connectivity index (χ1) is 13.3. The van der Waals surface area contributed by atoms with Gasteiger partial charge in [-0.1, -0.05) is 6.07 Å². The zero-order valence-corrected chi connectivity index (χ0v) is 14.9. The van der Waals surface area contributed by atoms with E-state index < -0.39 is 49.0 Å². The predicted molar refractivity (Wildman–Crippen MR) is 90.0 cm³/mol. The molecule has 0 atom stereocenters. The number of hydrogen-bond donors (Lipinski definition) is 4. The molecule has 0 aliphatic carbocycles. The Kier molecular flexibility index (Phi) is 8.53. The van der Waals surface area contributed by atoms with Gasteiger partial charge in [0.25, 0.3) is 11.8 Å². The third-order valence-corrected chi connectivity index (χ3v) is 2.80. The van der Waals surface area contributed by atoms with Crippen molar-refractivity contribution in [2.45, 2.75) is 0 Å². The molecule has 0 aliphatic heterocycles. The Morgan fingerprint density at radius 2 is 1.18 bits per heavy atom. The van der Waals surface area contributed by atoms with Gasteiger partial charge in [0.05, 0.1) is 0 Å². The van der Waals surface area contributed by atoms with Gasteiger partial charge in [-0.2, -0.15) is 0 Å². The first-order valence-electron chi connectivity index (χ1n) is 7.61. The van der Waals surface area contributed by atoms with Crippen molar-refractivity contribution in [1.29, 1.82) is 0 Å². The molecule has 0 fully saturated rings. The fraction of sp³-hybridized carbons (Fsp3) is 0.267. The van der Waals surface area contributed by atoms with E-state index in [-0.39, 0.29) is 11.4 Å². The molecule has 13 nitrogen and oxygen atoms in total. The summed E-state index contributed by atoms with van der Waals surface area (Å²) in [6.45, 7) is -1.50. The Morgan fingerprint density at radius 3 is 1.54 bits per heavy atom. The molecule has 0 aliphatic rings. The highest BCUT2D eigenvalue weighted by Gasteiger charge is 2.17. The van der Waals surface area contributed by atoms with Gasteiger partial charge in [-0.15, -0.1) is 0 Å². The van der Waals surface area contributed by atoms with Gasteiger partial charge in [-0.25, -0.2) is 24.2 Å². The lowest BCUT2D eigenvalue weighted by atomic mass is 10.3. The van der Waals surface area contributed by atoms with Gasteiger partial charge < -0.3 is 20.1 Å². The number of ether oxygens (including phenoxy) is 2. The summed E-state index contributed by atoms with van der Waals surface area (Å²) < 4.78 is 9.34. The summed E-state index contributed by atoms with van der Waals surface area (Å²) in [6.07, 6.45) is 0. The van der Waals surface area contributed by atoms with E-state index in [0.717, 1.165) is 0 Å². The Hall–Kier alpha value is -4.03. The normalized spacial score (nSPS) is 9.50. The average molecular weight is 395 g/mol. The zero-order valence-electron chi connectivity index (χ0n) is 14.9. The Balaban J connectivity index is 2.60. The van der Waals surface area contributed by atoms with Crippen molar-refractivity contribution in [3.8, 4) is 0 Å². The van der Waals surface area contributed by atoms with Crippen LogP contribution in [-0.2, 0) is 19.1 Å². The lowest BCUT2D eigenvalue weighted by Gasteiger charge is -2.07. The number of aromatic nitrogens is 1. The van der Waals surface area contributed by atoms with Gasteiger partial charge >= 0.3 is 24.0 Å². The first-order valence-corrected chi connectivity index (χ1v) is 7.61. The minimum absolute atomic E-state index is 0.308. The van der Waals surface area contributed by atoms with Crippen molar-refractivity contribution in [2.24, 2.45) is 0 Å². The number of nitrogens with zero attached hydrogens (tertiary/aromatic N) is 1. The van der Waals surface area contributed by atoms with E-state index in [2.05, 4.69) is 25.1 Å².